The Hall–Kier alpha value is -1.36. The number of halogens is 1. The lowest BCUT2D eigenvalue weighted by molar-refractivity contribution is -0.385. The van der Waals surface area contributed by atoms with Gasteiger partial charge in [-0.15, -0.1) is 0 Å². The van der Waals surface area contributed by atoms with Crippen LogP contribution in [0.15, 0.2) is 34.8 Å². The summed E-state index contributed by atoms with van der Waals surface area (Å²) in [6, 6.07) is 4.67. The summed E-state index contributed by atoms with van der Waals surface area (Å²) in [5.74, 6) is 0.256. The maximum atomic E-state index is 10.7. The van der Waals surface area contributed by atoms with Crippen molar-refractivity contribution in [1.82, 2.24) is 0 Å². The molecule has 1 rings (SSSR count). The quantitative estimate of drug-likeness (QED) is 0.480. The minimum Gasteiger partial charge on any atom is -0.482 e. The van der Waals surface area contributed by atoms with E-state index < -0.39 is 4.92 Å². The minimum absolute atomic E-state index is 0.0503. The summed E-state index contributed by atoms with van der Waals surface area (Å²) in [7, 11) is 0. The molecule has 5 heteroatoms. The number of nitrogens with zero attached hydrogens (tertiary/aromatic N) is 1. The third-order valence-electron chi connectivity index (χ3n) is 1.59. The van der Waals surface area contributed by atoms with Crippen molar-refractivity contribution in [2.24, 2.45) is 0 Å². The lowest BCUT2D eigenvalue weighted by Gasteiger charge is -2.06. The van der Waals surface area contributed by atoms with Crippen LogP contribution in [-0.2, 0) is 0 Å². The minimum atomic E-state index is -0.474. The van der Waals surface area contributed by atoms with Gasteiger partial charge < -0.3 is 4.74 Å². The number of ether oxygens (including phenoxy) is 1. The highest BCUT2D eigenvalue weighted by molar-refractivity contribution is 9.10. The fourth-order valence-electron chi connectivity index (χ4n) is 0.956. The molecular weight excluding hydrogens is 262 g/mol. The first-order valence-electron chi connectivity index (χ1n) is 4.22. The molecule has 0 aliphatic heterocycles. The monoisotopic (exact) mass is 271 g/mol. The molecule has 0 amide bonds. The lowest BCUT2D eigenvalue weighted by Crippen LogP contribution is -2.00. The van der Waals surface area contributed by atoms with Crippen LogP contribution in [0.5, 0.6) is 5.75 Å². The molecule has 80 valence electrons. The molecule has 0 aromatic heterocycles. The maximum Gasteiger partial charge on any atom is 0.312 e. The fourth-order valence-corrected chi connectivity index (χ4v) is 1.31. The Kier molecular flexibility index (Phi) is 3.85. The molecule has 1 aromatic carbocycles. The summed E-state index contributed by atoms with van der Waals surface area (Å²) in [4.78, 5) is 10.2. The van der Waals surface area contributed by atoms with Crippen molar-refractivity contribution >= 4 is 21.6 Å². The second-order valence-electron chi connectivity index (χ2n) is 3.11. The number of nitro benzene ring substituents is 1. The molecule has 0 heterocycles. The van der Waals surface area contributed by atoms with Crippen molar-refractivity contribution in [2.45, 2.75) is 6.92 Å². The number of nitro groups is 1. The first kappa shape index (κ1) is 11.7. The topological polar surface area (TPSA) is 52.4 Å². The molecule has 0 spiro atoms. The maximum absolute atomic E-state index is 10.7. The molecule has 0 radical (unpaired) electrons. The van der Waals surface area contributed by atoms with Gasteiger partial charge in [-0.05, 0) is 24.6 Å². The molecule has 0 atom stereocenters. The third kappa shape index (κ3) is 3.36. The van der Waals surface area contributed by atoms with Gasteiger partial charge in [0.1, 0.15) is 6.61 Å². The van der Waals surface area contributed by atoms with Crippen molar-refractivity contribution in [3.63, 3.8) is 0 Å². The number of benzene rings is 1. The van der Waals surface area contributed by atoms with Crippen LogP contribution < -0.4 is 4.74 Å². The second-order valence-corrected chi connectivity index (χ2v) is 4.03. The van der Waals surface area contributed by atoms with Crippen LogP contribution in [0.25, 0.3) is 0 Å². The molecule has 0 saturated carbocycles. The van der Waals surface area contributed by atoms with E-state index in [9.17, 15) is 10.1 Å². The standard InChI is InChI=1S/C10H10BrNO3/c1-7(2)6-15-10-4-3-8(11)5-9(10)12(13)14/h3-5H,1,6H2,2H3. The van der Waals surface area contributed by atoms with Crippen molar-refractivity contribution in [1.29, 1.82) is 0 Å². The molecule has 0 bridgehead atoms. The van der Waals surface area contributed by atoms with Gasteiger partial charge in [0.25, 0.3) is 0 Å². The molecule has 0 aliphatic rings. The van der Waals surface area contributed by atoms with E-state index in [1.165, 1.54) is 6.07 Å². The van der Waals surface area contributed by atoms with E-state index in [0.717, 1.165) is 5.57 Å². The summed E-state index contributed by atoms with van der Waals surface area (Å²) in [6.45, 7) is 5.73. The average molecular weight is 272 g/mol. The highest BCUT2D eigenvalue weighted by Gasteiger charge is 2.15. The Labute approximate surface area is 95.8 Å². The van der Waals surface area contributed by atoms with Gasteiger partial charge >= 0.3 is 5.69 Å². The first-order valence-corrected chi connectivity index (χ1v) is 5.01. The van der Waals surface area contributed by atoms with Gasteiger partial charge in [0.2, 0.25) is 0 Å². The summed E-state index contributed by atoms with van der Waals surface area (Å²) >= 11 is 3.17. The Morgan fingerprint density at radius 1 is 1.67 bits per heavy atom. The van der Waals surface area contributed by atoms with E-state index in [1.54, 1.807) is 19.1 Å². The summed E-state index contributed by atoms with van der Waals surface area (Å²) in [5, 5.41) is 10.7. The van der Waals surface area contributed by atoms with Gasteiger partial charge in [0, 0.05) is 10.5 Å². The molecule has 0 aliphatic carbocycles. The summed E-state index contributed by atoms with van der Waals surface area (Å²) in [5.41, 5.74) is 0.762. The van der Waals surface area contributed by atoms with Gasteiger partial charge in [-0.2, -0.15) is 0 Å². The molecule has 1 aromatic rings. The fraction of sp³-hybridized carbons (Fsp3) is 0.200. The van der Waals surface area contributed by atoms with Gasteiger partial charge in [-0.1, -0.05) is 22.5 Å². The predicted octanol–water partition coefficient (Wildman–Crippen LogP) is 3.31. The largest absolute Gasteiger partial charge is 0.482 e. The zero-order valence-electron chi connectivity index (χ0n) is 8.20. The number of hydrogen-bond donors (Lipinski definition) is 0. The van der Waals surface area contributed by atoms with Crippen molar-refractivity contribution in [3.05, 3.63) is 44.9 Å². The lowest BCUT2D eigenvalue weighted by atomic mass is 10.3. The predicted molar refractivity (Wildman–Crippen MR) is 61.1 cm³/mol. The molecular formula is C10H10BrNO3. The SMILES string of the molecule is C=C(C)COc1ccc(Br)cc1[N+](=O)[O-]. The van der Waals surface area contributed by atoms with E-state index in [1.807, 2.05) is 0 Å². The summed E-state index contributed by atoms with van der Waals surface area (Å²) in [6.07, 6.45) is 0. The van der Waals surface area contributed by atoms with E-state index in [2.05, 4.69) is 22.5 Å². The zero-order chi connectivity index (χ0) is 11.4. The van der Waals surface area contributed by atoms with Crippen LogP contribution in [0.4, 0.5) is 5.69 Å². The molecule has 0 unspecified atom stereocenters. The van der Waals surface area contributed by atoms with E-state index in [0.29, 0.717) is 4.47 Å². The van der Waals surface area contributed by atoms with Crippen LogP contribution in [0.1, 0.15) is 6.92 Å². The highest BCUT2D eigenvalue weighted by Crippen LogP contribution is 2.30. The number of rotatable bonds is 4. The van der Waals surface area contributed by atoms with Crippen LogP contribution >= 0.6 is 15.9 Å². The first-order chi connectivity index (χ1) is 7.00. The zero-order valence-corrected chi connectivity index (χ0v) is 9.78. The van der Waals surface area contributed by atoms with Gasteiger partial charge in [-0.25, -0.2) is 0 Å². The van der Waals surface area contributed by atoms with Crippen LogP contribution in [0.2, 0.25) is 0 Å². The molecule has 0 N–H and O–H groups in total. The highest BCUT2D eigenvalue weighted by atomic mass is 79.9. The Bertz CT molecular complexity index is 404. The van der Waals surface area contributed by atoms with Crippen molar-refractivity contribution in [3.8, 4) is 5.75 Å². The van der Waals surface area contributed by atoms with Gasteiger partial charge in [0.05, 0.1) is 4.92 Å². The average Bonchev–Trinajstić information content (AvgIpc) is 2.15. The third-order valence-corrected chi connectivity index (χ3v) is 2.09. The Morgan fingerprint density at radius 3 is 2.87 bits per heavy atom. The van der Waals surface area contributed by atoms with Gasteiger partial charge in [0.15, 0.2) is 5.75 Å². The van der Waals surface area contributed by atoms with E-state index in [4.69, 9.17) is 4.74 Å². The second kappa shape index (κ2) is 4.93. The van der Waals surface area contributed by atoms with Crippen molar-refractivity contribution in [2.75, 3.05) is 6.61 Å². The molecule has 0 saturated heterocycles. The van der Waals surface area contributed by atoms with Crippen LogP contribution in [-0.4, -0.2) is 11.5 Å². The smallest absolute Gasteiger partial charge is 0.312 e. The number of hydrogen-bond acceptors (Lipinski definition) is 3. The molecule has 15 heavy (non-hydrogen) atoms. The Balaban J connectivity index is 2.95. The Morgan fingerprint density at radius 2 is 2.33 bits per heavy atom. The summed E-state index contributed by atoms with van der Waals surface area (Å²) < 4.78 is 5.90. The van der Waals surface area contributed by atoms with Crippen LogP contribution in [0.3, 0.4) is 0 Å². The van der Waals surface area contributed by atoms with E-state index >= 15 is 0 Å². The molecule has 4 nitrogen and oxygen atoms in total. The van der Waals surface area contributed by atoms with Crippen LogP contribution in [0, 0.1) is 10.1 Å². The normalized spacial score (nSPS) is 9.73. The van der Waals surface area contributed by atoms with Crippen molar-refractivity contribution < 1.29 is 9.66 Å². The van der Waals surface area contributed by atoms with E-state index in [-0.39, 0.29) is 18.0 Å². The molecule has 0 fully saturated rings. The van der Waals surface area contributed by atoms with Gasteiger partial charge in [-0.3, -0.25) is 10.1 Å².